The average Bonchev–Trinajstić information content (AvgIpc) is 2.89. The quantitative estimate of drug-likeness (QED) is 0.909. The third-order valence-corrected chi connectivity index (χ3v) is 5.53. The van der Waals surface area contributed by atoms with E-state index in [0.717, 1.165) is 39.1 Å². The number of piperidine rings is 1. The lowest BCUT2D eigenvalue weighted by Gasteiger charge is -2.42. The van der Waals surface area contributed by atoms with Crippen LogP contribution in [0.1, 0.15) is 18.4 Å². The van der Waals surface area contributed by atoms with Crippen molar-refractivity contribution in [1.82, 2.24) is 4.90 Å². The molecule has 2 atom stereocenters. The van der Waals surface area contributed by atoms with Gasteiger partial charge < -0.3 is 9.84 Å². The van der Waals surface area contributed by atoms with Gasteiger partial charge in [0.1, 0.15) is 5.76 Å². The standard InChI is InChI=1S/C19H23NO2/c21-16-6-7-18-17(12-16)19(14-22-18)8-10-20(11-9-19)13-15-4-2-1-3-5-15/h1-7,12,17-18,21H,8-11,13-14H2. The van der Waals surface area contributed by atoms with Crippen LogP contribution < -0.4 is 0 Å². The van der Waals surface area contributed by atoms with E-state index < -0.39 is 0 Å². The number of rotatable bonds is 2. The molecule has 1 aliphatic carbocycles. The molecule has 2 heterocycles. The minimum absolute atomic E-state index is 0.163. The fourth-order valence-corrected chi connectivity index (χ4v) is 4.17. The molecule has 1 aromatic carbocycles. The Bertz CT molecular complexity index is 585. The van der Waals surface area contributed by atoms with Crippen molar-refractivity contribution in [2.45, 2.75) is 25.5 Å². The highest BCUT2D eigenvalue weighted by Crippen LogP contribution is 2.49. The number of benzene rings is 1. The third kappa shape index (κ3) is 2.49. The van der Waals surface area contributed by atoms with E-state index in [9.17, 15) is 5.11 Å². The van der Waals surface area contributed by atoms with Gasteiger partial charge in [0.25, 0.3) is 0 Å². The van der Waals surface area contributed by atoms with Crippen LogP contribution in [0.4, 0.5) is 0 Å². The molecule has 4 rings (SSSR count). The number of aliphatic hydroxyl groups is 1. The Morgan fingerprint density at radius 2 is 1.95 bits per heavy atom. The first-order valence-electron chi connectivity index (χ1n) is 8.22. The first-order chi connectivity index (χ1) is 10.8. The third-order valence-electron chi connectivity index (χ3n) is 5.53. The number of likely N-dealkylation sites (tertiary alicyclic amines) is 1. The average molecular weight is 297 g/mol. The summed E-state index contributed by atoms with van der Waals surface area (Å²) in [5, 5.41) is 9.83. The number of hydrogen-bond donors (Lipinski definition) is 1. The number of fused-ring (bicyclic) bond motifs is 2. The number of nitrogens with zero attached hydrogens (tertiary/aromatic N) is 1. The first kappa shape index (κ1) is 14.0. The van der Waals surface area contributed by atoms with Gasteiger partial charge in [0, 0.05) is 17.9 Å². The SMILES string of the molecule is OC1=CC2C(C=C1)OCC21CCN(Cc2ccccc2)CC1. The maximum atomic E-state index is 9.83. The molecule has 3 nitrogen and oxygen atoms in total. The molecule has 0 radical (unpaired) electrons. The van der Waals surface area contributed by atoms with Gasteiger partial charge in [-0.2, -0.15) is 0 Å². The highest BCUT2D eigenvalue weighted by Gasteiger charge is 2.49. The van der Waals surface area contributed by atoms with Crippen molar-refractivity contribution < 1.29 is 9.84 Å². The Hall–Kier alpha value is -1.58. The van der Waals surface area contributed by atoms with Crippen LogP contribution >= 0.6 is 0 Å². The van der Waals surface area contributed by atoms with Crippen molar-refractivity contribution in [1.29, 1.82) is 0 Å². The van der Waals surface area contributed by atoms with Crippen LogP contribution in [-0.4, -0.2) is 35.8 Å². The lowest BCUT2D eigenvalue weighted by molar-refractivity contribution is 0.0652. The van der Waals surface area contributed by atoms with Gasteiger partial charge in [-0.25, -0.2) is 0 Å². The van der Waals surface area contributed by atoms with Crippen LogP contribution in [0.3, 0.4) is 0 Å². The molecule has 2 unspecified atom stereocenters. The second kappa shape index (κ2) is 5.56. The van der Waals surface area contributed by atoms with Gasteiger partial charge in [-0.1, -0.05) is 36.4 Å². The summed E-state index contributed by atoms with van der Waals surface area (Å²) < 4.78 is 5.99. The normalized spacial score (nSPS) is 30.3. The van der Waals surface area contributed by atoms with Gasteiger partial charge in [0.15, 0.2) is 0 Å². The molecule has 0 bridgehead atoms. The molecule has 3 heteroatoms. The minimum Gasteiger partial charge on any atom is -0.508 e. The molecule has 2 aliphatic heterocycles. The zero-order valence-electron chi connectivity index (χ0n) is 12.8. The number of allylic oxidation sites excluding steroid dienone is 1. The maximum Gasteiger partial charge on any atom is 0.111 e. The molecule has 3 aliphatic rings. The summed E-state index contributed by atoms with van der Waals surface area (Å²) in [5.74, 6) is 0.745. The van der Waals surface area contributed by atoms with Crippen LogP contribution in [0, 0.1) is 11.3 Å². The second-order valence-electron chi connectivity index (χ2n) is 6.88. The molecule has 1 N–H and O–H groups in total. The maximum absolute atomic E-state index is 9.83. The Kier molecular flexibility index (Phi) is 3.55. The summed E-state index contributed by atoms with van der Waals surface area (Å²) in [6, 6.07) is 10.7. The smallest absolute Gasteiger partial charge is 0.111 e. The van der Waals surface area contributed by atoms with Crippen LogP contribution in [0.5, 0.6) is 0 Å². The van der Waals surface area contributed by atoms with Crippen molar-refractivity contribution in [2.24, 2.45) is 11.3 Å². The molecule has 1 aromatic rings. The van der Waals surface area contributed by atoms with E-state index in [1.165, 1.54) is 5.56 Å². The van der Waals surface area contributed by atoms with Crippen LogP contribution in [0.15, 0.2) is 54.3 Å². The highest BCUT2D eigenvalue weighted by molar-refractivity contribution is 5.25. The van der Waals surface area contributed by atoms with E-state index in [1.807, 2.05) is 12.2 Å². The second-order valence-corrected chi connectivity index (χ2v) is 6.88. The minimum atomic E-state index is 0.163. The van der Waals surface area contributed by atoms with E-state index in [1.54, 1.807) is 6.08 Å². The summed E-state index contributed by atoms with van der Waals surface area (Å²) in [6.07, 6.45) is 8.27. The van der Waals surface area contributed by atoms with E-state index >= 15 is 0 Å². The van der Waals surface area contributed by atoms with Crippen molar-refractivity contribution in [3.05, 3.63) is 59.9 Å². The summed E-state index contributed by atoms with van der Waals surface area (Å²) in [7, 11) is 0. The zero-order chi connectivity index (χ0) is 15.0. The zero-order valence-corrected chi connectivity index (χ0v) is 12.8. The van der Waals surface area contributed by atoms with Crippen LogP contribution in [-0.2, 0) is 11.3 Å². The lowest BCUT2D eigenvalue weighted by atomic mass is 9.68. The Balaban J connectivity index is 1.42. The summed E-state index contributed by atoms with van der Waals surface area (Å²) in [4.78, 5) is 2.54. The number of aliphatic hydroxyl groups excluding tert-OH is 1. The Morgan fingerprint density at radius 3 is 2.73 bits per heavy atom. The molecule has 2 saturated heterocycles. The van der Waals surface area contributed by atoms with Crippen molar-refractivity contribution in [3.8, 4) is 0 Å². The van der Waals surface area contributed by atoms with E-state index in [2.05, 4.69) is 35.2 Å². The fourth-order valence-electron chi connectivity index (χ4n) is 4.17. The number of ether oxygens (including phenoxy) is 1. The van der Waals surface area contributed by atoms with Gasteiger partial charge >= 0.3 is 0 Å². The van der Waals surface area contributed by atoms with Crippen molar-refractivity contribution >= 4 is 0 Å². The van der Waals surface area contributed by atoms with Crippen molar-refractivity contribution in [3.63, 3.8) is 0 Å². The van der Waals surface area contributed by atoms with E-state index in [4.69, 9.17) is 4.74 Å². The van der Waals surface area contributed by atoms with Crippen LogP contribution in [0.2, 0.25) is 0 Å². The first-order valence-corrected chi connectivity index (χ1v) is 8.22. The molecule has 22 heavy (non-hydrogen) atoms. The summed E-state index contributed by atoms with van der Waals surface area (Å²) >= 11 is 0. The Labute approximate surface area is 131 Å². The molecule has 0 saturated carbocycles. The lowest BCUT2D eigenvalue weighted by Crippen LogP contribution is -2.44. The topological polar surface area (TPSA) is 32.7 Å². The molecule has 116 valence electrons. The van der Waals surface area contributed by atoms with Gasteiger partial charge in [0.2, 0.25) is 0 Å². The number of hydrogen-bond acceptors (Lipinski definition) is 3. The molecule has 0 aromatic heterocycles. The largest absolute Gasteiger partial charge is 0.508 e. The predicted molar refractivity (Wildman–Crippen MR) is 86.5 cm³/mol. The molecule has 2 fully saturated rings. The summed E-state index contributed by atoms with van der Waals surface area (Å²) in [6.45, 7) is 4.09. The van der Waals surface area contributed by atoms with E-state index in [-0.39, 0.29) is 11.5 Å². The van der Waals surface area contributed by atoms with Gasteiger partial charge in [-0.05, 0) is 43.6 Å². The molecule has 1 spiro atoms. The predicted octanol–water partition coefficient (Wildman–Crippen LogP) is 3.30. The van der Waals surface area contributed by atoms with Crippen LogP contribution in [0.25, 0.3) is 0 Å². The molecular weight excluding hydrogens is 274 g/mol. The molecular formula is C19H23NO2. The Morgan fingerprint density at radius 1 is 1.18 bits per heavy atom. The fraction of sp³-hybridized carbons (Fsp3) is 0.474. The van der Waals surface area contributed by atoms with Gasteiger partial charge in [-0.15, -0.1) is 0 Å². The van der Waals surface area contributed by atoms with Crippen molar-refractivity contribution in [2.75, 3.05) is 19.7 Å². The highest BCUT2D eigenvalue weighted by atomic mass is 16.5. The van der Waals surface area contributed by atoms with E-state index in [0.29, 0.717) is 11.7 Å². The summed E-state index contributed by atoms with van der Waals surface area (Å²) in [5.41, 5.74) is 1.61. The van der Waals surface area contributed by atoms with Gasteiger partial charge in [0.05, 0.1) is 12.7 Å². The van der Waals surface area contributed by atoms with Gasteiger partial charge in [-0.3, -0.25) is 4.90 Å². The monoisotopic (exact) mass is 297 g/mol. The molecule has 0 amide bonds.